The van der Waals surface area contributed by atoms with Crippen LogP contribution < -0.4 is 0 Å². The summed E-state index contributed by atoms with van der Waals surface area (Å²) < 4.78 is 8.19. The van der Waals surface area contributed by atoms with Gasteiger partial charge < -0.3 is 10.2 Å². The second-order valence-corrected chi connectivity index (χ2v) is 2.19. The summed E-state index contributed by atoms with van der Waals surface area (Å²) in [6.45, 7) is 6.89. The molecular weight excluding hydrogens is 171 g/mol. The van der Waals surface area contributed by atoms with Crippen LogP contribution in [0.25, 0.3) is 0 Å². The third-order valence-electron chi connectivity index (χ3n) is 0. The van der Waals surface area contributed by atoms with Gasteiger partial charge in [-0.2, -0.15) is 0 Å². The van der Waals surface area contributed by atoms with Crippen LogP contribution in [0.3, 0.4) is 0 Å². The molecule has 0 atom stereocenters. The van der Waals surface area contributed by atoms with Gasteiger partial charge in [0.15, 0.2) is 0 Å². The summed E-state index contributed by atoms with van der Waals surface area (Å²) in [4.78, 5) is 0. The molecule has 3 nitrogen and oxygen atoms in total. The van der Waals surface area contributed by atoms with Crippen molar-refractivity contribution in [2.45, 2.75) is 39.9 Å². The van der Waals surface area contributed by atoms with Crippen molar-refractivity contribution in [3.05, 3.63) is 0 Å². The van der Waals surface area contributed by atoms with Gasteiger partial charge in [0.25, 0.3) is 0 Å². The van der Waals surface area contributed by atoms with E-state index in [1.54, 1.807) is 27.7 Å². The average Bonchev–Trinajstić information content (AvgIpc) is 1.66. The molecule has 0 spiro atoms. The van der Waals surface area contributed by atoms with Crippen molar-refractivity contribution in [2.75, 3.05) is 0 Å². The molecule has 0 aliphatic rings. The molecule has 0 rings (SSSR count). The van der Waals surface area contributed by atoms with E-state index >= 15 is 0 Å². The summed E-state index contributed by atoms with van der Waals surface area (Å²) in [5, 5.41) is 16.1. The Morgan fingerprint density at radius 2 is 0.900 bits per heavy atom. The van der Waals surface area contributed by atoms with Gasteiger partial charge in [0, 0.05) is 12.2 Å². The second-order valence-electron chi connectivity index (χ2n) is 2.19. The Morgan fingerprint density at radius 1 is 0.900 bits per heavy atom. The van der Waals surface area contributed by atoms with E-state index in [1.165, 1.54) is 0 Å². The summed E-state index contributed by atoms with van der Waals surface area (Å²) >= 11 is 1.06. The van der Waals surface area contributed by atoms with E-state index in [1.807, 2.05) is 0 Å². The number of rotatable bonds is 0. The van der Waals surface area contributed by atoms with Gasteiger partial charge in [-0.25, -0.2) is 0 Å². The molecule has 0 aliphatic heterocycles. The topological polar surface area (TPSA) is 57.5 Å². The fourth-order valence-corrected chi connectivity index (χ4v) is 0. The Balaban J connectivity index is -0.0000000787. The van der Waals surface area contributed by atoms with Crippen molar-refractivity contribution in [3.8, 4) is 0 Å². The number of aliphatic hydroxyl groups excluding tert-OH is 2. The predicted molar refractivity (Wildman–Crippen MR) is 35.4 cm³/mol. The van der Waals surface area contributed by atoms with Gasteiger partial charge in [-0.05, 0) is 27.7 Å². The van der Waals surface area contributed by atoms with Crippen LogP contribution in [0.4, 0.5) is 0 Å². The molecule has 0 unspecified atom stereocenters. The van der Waals surface area contributed by atoms with Crippen LogP contribution in [0.5, 0.6) is 0 Å². The van der Waals surface area contributed by atoms with Crippen LogP contribution in [-0.2, 0) is 21.0 Å². The summed E-state index contributed by atoms with van der Waals surface area (Å²) in [5.74, 6) is 0. The molecule has 0 aromatic carbocycles. The molecule has 0 amide bonds. The molecule has 10 heavy (non-hydrogen) atoms. The monoisotopic (exact) mass is 187 g/mol. The molecule has 0 aromatic rings. The van der Waals surface area contributed by atoms with Crippen molar-refractivity contribution in [1.82, 2.24) is 0 Å². The Morgan fingerprint density at radius 3 is 0.900 bits per heavy atom. The van der Waals surface area contributed by atoms with Crippen LogP contribution in [0, 0.1) is 0 Å². The normalized spacial score (nSPS) is 7.50. The molecule has 0 aliphatic carbocycles. The van der Waals surface area contributed by atoms with Gasteiger partial charge in [-0.1, -0.05) is 0 Å². The van der Waals surface area contributed by atoms with Gasteiger partial charge in [-0.3, -0.25) is 0 Å². The molecule has 0 bridgehead atoms. The quantitative estimate of drug-likeness (QED) is 0.585. The molecular formula is C6H16O3V. The SMILES string of the molecule is CC(C)O.CC(C)O.[O]=[V]. The van der Waals surface area contributed by atoms with Crippen LogP contribution in [0.15, 0.2) is 0 Å². The summed E-state index contributed by atoms with van der Waals surface area (Å²) in [6.07, 6.45) is -0.333. The fourth-order valence-electron chi connectivity index (χ4n) is 0. The van der Waals surface area contributed by atoms with Crippen molar-refractivity contribution in [3.63, 3.8) is 0 Å². The first kappa shape index (κ1) is 16.7. The maximum absolute atomic E-state index is 8.19. The fraction of sp³-hybridized carbons (Fsp3) is 1.00. The maximum atomic E-state index is 8.19. The molecule has 0 radical (unpaired) electrons. The first-order chi connectivity index (χ1) is 4.46. The number of hydrogen-bond acceptors (Lipinski definition) is 3. The first-order valence-electron chi connectivity index (χ1n) is 3.01. The predicted octanol–water partition coefficient (Wildman–Crippen LogP) is 0.653. The first-order valence-corrected chi connectivity index (χ1v) is 3.58. The van der Waals surface area contributed by atoms with E-state index in [0.717, 1.165) is 17.4 Å². The van der Waals surface area contributed by atoms with Gasteiger partial charge >= 0.3 is 21.0 Å². The van der Waals surface area contributed by atoms with Crippen molar-refractivity contribution >= 4 is 0 Å². The van der Waals surface area contributed by atoms with E-state index in [-0.39, 0.29) is 12.2 Å². The minimum absolute atomic E-state index is 0.167. The molecule has 0 heterocycles. The zero-order valence-corrected chi connectivity index (χ0v) is 8.30. The van der Waals surface area contributed by atoms with Gasteiger partial charge in [0.2, 0.25) is 0 Å². The Hall–Kier alpha value is 0.304. The van der Waals surface area contributed by atoms with E-state index in [2.05, 4.69) is 0 Å². The molecule has 0 fully saturated rings. The van der Waals surface area contributed by atoms with Gasteiger partial charge in [0.1, 0.15) is 0 Å². The second kappa shape index (κ2) is 16.1. The van der Waals surface area contributed by atoms with E-state index < -0.39 is 0 Å². The zero-order valence-electron chi connectivity index (χ0n) is 6.90. The van der Waals surface area contributed by atoms with Gasteiger partial charge in [-0.15, -0.1) is 0 Å². The van der Waals surface area contributed by atoms with Gasteiger partial charge in [0.05, 0.1) is 0 Å². The molecule has 4 heteroatoms. The van der Waals surface area contributed by atoms with Crippen molar-refractivity contribution in [1.29, 1.82) is 0 Å². The minimum atomic E-state index is -0.167. The molecule has 2 N–H and O–H groups in total. The summed E-state index contributed by atoms with van der Waals surface area (Å²) in [7, 11) is 0. The third kappa shape index (κ3) is 4780. The van der Waals surface area contributed by atoms with Crippen molar-refractivity contribution < 1.29 is 31.3 Å². The van der Waals surface area contributed by atoms with Crippen LogP contribution in [0.2, 0.25) is 0 Å². The summed E-state index contributed by atoms with van der Waals surface area (Å²) in [6, 6.07) is 0. The third-order valence-corrected chi connectivity index (χ3v) is 0. The van der Waals surface area contributed by atoms with E-state index in [4.69, 9.17) is 13.9 Å². The molecule has 63 valence electrons. The average molecular weight is 187 g/mol. The molecule has 0 saturated carbocycles. The van der Waals surface area contributed by atoms with Crippen LogP contribution in [-0.4, -0.2) is 22.4 Å². The Kier molecular flexibility index (Phi) is 27.0. The standard InChI is InChI=1S/2C3H8O.O.V/c2*1-3(2)4;;/h2*3-4H,1-2H3;;. The Labute approximate surface area is 71.7 Å². The molecule has 0 saturated heterocycles. The summed E-state index contributed by atoms with van der Waals surface area (Å²) in [5.41, 5.74) is 0. The van der Waals surface area contributed by atoms with Crippen LogP contribution >= 0.6 is 0 Å². The number of hydrogen-bond donors (Lipinski definition) is 2. The zero-order chi connectivity index (χ0) is 9.15. The van der Waals surface area contributed by atoms with E-state index in [0.29, 0.717) is 0 Å². The Bertz CT molecular complexity index is 36.7. The van der Waals surface area contributed by atoms with E-state index in [9.17, 15) is 0 Å². The molecule has 0 aromatic heterocycles. The van der Waals surface area contributed by atoms with Crippen molar-refractivity contribution in [2.24, 2.45) is 0 Å². The number of aliphatic hydroxyl groups is 2. The van der Waals surface area contributed by atoms with Crippen LogP contribution in [0.1, 0.15) is 27.7 Å².